The molecule has 1 aliphatic carbocycles. The smallest absolute Gasteiger partial charge is 0.229 e. The van der Waals surface area contributed by atoms with Crippen LogP contribution in [0, 0.1) is 11.8 Å². The zero-order valence-electron chi connectivity index (χ0n) is 14.7. The molecule has 5 nitrogen and oxygen atoms in total. The van der Waals surface area contributed by atoms with Crippen LogP contribution >= 0.6 is 0 Å². The summed E-state index contributed by atoms with van der Waals surface area (Å²) in [5.74, 6) is -1.89. The van der Waals surface area contributed by atoms with Crippen molar-refractivity contribution < 1.29 is 14.4 Å². The molecule has 0 radical (unpaired) electrons. The number of rotatable bonds is 3. The van der Waals surface area contributed by atoms with Crippen LogP contribution in [0.2, 0.25) is 0 Å². The van der Waals surface area contributed by atoms with E-state index in [0.29, 0.717) is 17.8 Å². The highest BCUT2D eigenvalue weighted by atomic mass is 16.2. The van der Waals surface area contributed by atoms with E-state index in [1.54, 1.807) is 12.1 Å². The Bertz CT molecular complexity index is 906. The van der Waals surface area contributed by atoms with Gasteiger partial charge in [-0.1, -0.05) is 54.6 Å². The predicted molar refractivity (Wildman–Crippen MR) is 102 cm³/mol. The SMILES string of the molecule is O=C1C[C@H](C(=O)Nc2ccccc2)[C@@H]2C(=O)C[C@H](c3ccccc3)C=C2N1. The molecule has 1 fully saturated rings. The third kappa shape index (κ3) is 3.53. The molecule has 2 aliphatic rings. The monoisotopic (exact) mass is 360 g/mol. The van der Waals surface area contributed by atoms with Crippen molar-refractivity contribution >= 4 is 23.3 Å². The van der Waals surface area contributed by atoms with Crippen molar-refractivity contribution in [3.05, 3.63) is 78.0 Å². The van der Waals surface area contributed by atoms with Crippen molar-refractivity contribution in [1.82, 2.24) is 5.32 Å². The summed E-state index contributed by atoms with van der Waals surface area (Å²) in [7, 11) is 0. The van der Waals surface area contributed by atoms with E-state index in [9.17, 15) is 14.4 Å². The van der Waals surface area contributed by atoms with E-state index in [-0.39, 0.29) is 29.9 Å². The Balaban J connectivity index is 1.61. The van der Waals surface area contributed by atoms with Gasteiger partial charge in [-0.25, -0.2) is 0 Å². The molecular weight excluding hydrogens is 340 g/mol. The fourth-order valence-electron chi connectivity index (χ4n) is 3.90. The standard InChI is InChI=1S/C22H20N2O3/c25-19-12-15(14-7-3-1-4-8-14)11-18-21(19)17(13-20(26)24-18)22(27)23-16-9-5-2-6-10-16/h1-11,15,17,21H,12-13H2,(H,23,27)(H,24,26)/t15-,17+,21+/m1/s1. The summed E-state index contributed by atoms with van der Waals surface area (Å²) in [5, 5.41) is 5.65. The van der Waals surface area contributed by atoms with E-state index < -0.39 is 11.8 Å². The maximum atomic E-state index is 12.9. The molecule has 0 aromatic heterocycles. The topological polar surface area (TPSA) is 75.3 Å². The first-order valence-corrected chi connectivity index (χ1v) is 9.07. The Morgan fingerprint density at radius 1 is 0.926 bits per heavy atom. The maximum Gasteiger partial charge on any atom is 0.229 e. The first-order valence-electron chi connectivity index (χ1n) is 9.07. The number of ketones is 1. The minimum atomic E-state index is -0.686. The fourth-order valence-corrected chi connectivity index (χ4v) is 3.90. The number of anilines is 1. The average Bonchev–Trinajstić information content (AvgIpc) is 2.68. The molecule has 0 spiro atoms. The van der Waals surface area contributed by atoms with Crippen LogP contribution in [0.3, 0.4) is 0 Å². The van der Waals surface area contributed by atoms with Gasteiger partial charge in [0.1, 0.15) is 5.78 Å². The Morgan fingerprint density at radius 2 is 1.59 bits per heavy atom. The van der Waals surface area contributed by atoms with Crippen LogP contribution in [-0.2, 0) is 14.4 Å². The van der Waals surface area contributed by atoms with Gasteiger partial charge in [-0.3, -0.25) is 14.4 Å². The second-order valence-electron chi connectivity index (χ2n) is 7.00. The van der Waals surface area contributed by atoms with E-state index in [4.69, 9.17) is 0 Å². The number of nitrogens with one attached hydrogen (secondary N) is 2. The van der Waals surface area contributed by atoms with Gasteiger partial charge in [0, 0.05) is 30.1 Å². The summed E-state index contributed by atoms with van der Waals surface area (Å²) in [6.07, 6.45) is 2.28. The van der Waals surface area contributed by atoms with E-state index in [2.05, 4.69) is 10.6 Å². The number of hydrogen-bond donors (Lipinski definition) is 2. The van der Waals surface area contributed by atoms with Gasteiger partial charge in [0.15, 0.2) is 0 Å². The van der Waals surface area contributed by atoms with Crippen LogP contribution < -0.4 is 10.6 Å². The first kappa shape index (κ1) is 17.2. The Kier molecular flexibility index (Phi) is 4.59. The molecule has 27 heavy (non-hydrogen) atoms. The first-order chi connectivity index (χ1) is 13.1. The van der Waals surface area contributed by atoms with Crippen LogP contribution in [0.25, 0.3) is 0 Å². The third-order valence-corrected chi connectivity index (χ3v) is 5.18. The van der Waals surface area contributed by atoms with Gasteiger partial charge in [-0.05, 0) is 17.7 Å². The van der Waals surface area contributed by atoms with Crippen molar-refractivity contribution in [2.24, 2.45) is 11.8 Å². The number of hydrogen-bond acceptors (Lipinski definition) is 3. The van der Waals surface area contributed by atoms with E-state index in [1.165, 1.54) is 0 Å². The zero-order valence-corrected chi connectivity index (χ0v) is 14.7. The molecule has 1 heterocycles. The highest BCUT2D eigenvalue weighted by molar-refractivity contribution is 6.02. The van der Waals surface area contributed by atoms with Crippen LogP contribution in [-0.4, -0.2) is 17.6 Å². The molecular formula is C22H20N2O3. The average molecular weight is 360 g/mol. The van der Waals surface area contributed by atoms with Gasteiger partial charge in [0.25, 0.3) is 0 Å². The van der Waals surface area contributed by atoms with Crippen LogP contribution in [0.1, 0.15) is 24.3 Å². The van der Waals surface area contributed by atoms with E-state index in [0.717, 1.165) is 5.56 Å². The molecule has 2 amide bonds. The summed E-state index contributed by atoms with van der Waals surface area (Å²) >= 11 is 0. The minimum Gasteiger partial charge on any atom is -0.329 e. The summed E-state index contributed by atoms with van der Waals surface area (Å²) in [6.45, 7) is 0. The number of piperidine rings is 1. The van der Waals surface area contributed by atoms with E-state index >= 15 is 0 Å². The largest absolute Gasteiger partial charge is 0.329 e. The van der Waals surface area contributed by atoms with Gasteiger partial charge < -0.3 is 10.6 Å². The minimum absolute atomic E-state index is 0.00503. The third-order valence-electron chi connectivity index (χ3n) is 5.18. The lowest BCUT2D eigenvalue weighted by molar-refractivity contribution is -0.136. The molecule has 5 heteroatoms. The maximum absolute atomic E-state index is 12.9. The van der Waals surface area contributed by atoms with Crippen molar-refractivity contribution in [2.45, 2.75) is 18.8 Å². The zero-order chi connectivity index (χ0) is 18.8. The molecule has 2 aromatic rings. The molecule has 2 aromatic carbocycles. The Morgan fingerprint density at radius 3 is 2.30 bits per heavy atom. The number of Topliss-reactive ketones (excluding diaryl/α,β-unsaturated/α-hetero) is 1. The number of carbonyl (C=O) groups excluding carboxylic acids is 3. The molecule has 1 aliphatic heterocycles. The van der Waals surface area contributed by atoms with Crippen molar-refractivity contribution in [3.63, 3.8) is 0 Å². The molecule has 1 saturated heterocycles. The second kappa shape index (κ2) is 7.19. The van der Waals surface area contributed by atoms with Gasteiger partial charge >= 0.3 is 0 Å². The van der Waals surface area contributed by atoms with Gasteiger partial charge in [-0.2, -0.15) is 0 Å². The number of benzene rings is 2. The van der Waals surface area contributed by atoms with Crippen molar-refractivity contribution in [3.8, 4) is 0 Å². The van der Waals surface area contributed by atoms with Gasteiger partial charge in [0.2, 0.25) is 11.8 Å². The molecule has 0 saturated carbocycles. The summed E-state index contributed by atoms with van der Waals surface area (Å²) < 4.78 is 0. The Hall–Kier alpha value is -3.21. The van der Waals surface area contributed by atoms with Crippen LogP contribution in [0.15, 0.2) is 72.4 Å². The van der Waals surface area contributed by atoms with Crippen molar-refractivity contribution in [2.75, 3.05) is 5.32 Å². The summed E-state index contributed by atoms with van der Waals surface area (Å²) in [6, 6.07) is 18.8. The van der Waals surface area contributed by atoms with Crippen molar-refractivity contribution in [1.29, 1.82) is 0 Å². The molecule has 136 valence electrons. The van der Waals surface area contributed by atoms with Crippen LogP contribution in [0.5, 0.6) is 0 Å². The molecule has 2 N–H and O–H groups in total. The molecule has 4 rings (SSSR count). The highest BCUT2D eigenvalue weighted by Crippen LogP contribution is 2.38. The highest BCUT2D eigenvalue weighted by Gasteiger charge is 2.44. The summed E-state index contributed by atoms with van der Waals surface area (Å²) in [5.41, 5.74) is 2.25. The second-order valence-corrected chi connectivity index (χ2v) is 7.00. The lowest BCUT2D eigenvalue weighted by Gasteiger charge is -2.36. The van der Waals surface area contributed by atoms with E-state index in [1.807, 2.05) is 54.6 Å². The number of carbonyl (C=O) groups is 3. The van der Waals surface area contributed by atoms with Crippen LogP contribution in [0.4, 0.5) is 5.69 Å². The molecule has 0 unspecified atom stereocenters. The van der Waals surface area contributed by atoms with Gasteiger partial charge in [-0.15, -0.1) is 0 Å². The number of fused-ring (bicyclic) bond motifs is 1. The number of amides is 2. The Labute approximate surface area is 157 Å². The number of allylic oxidation sites excluding steroid dienone is 2. The lowest BCUT2D eigenvalue weighted by Crippen LogP contribution is -2.48. The molecule has 0 bridgehead atoms. The summed E-state index contributed by atoms with van der Waals surface area (Å²) in [4.78, 5) is 37.9. The normalized spacial score (nSPS) is 24.4. The molecule has 3 atom stereocenters. The predicted octanol–water partition coefficient (Wildman–Crippen LogP) is 3.02. The number of para-hydroxylation sites is 1. The van der Waals surface area contributed by atoms with Gasteiger partial charge in [0.05, 0.1) is 11.8 Å². The lowest BCUT2D eigenvalue weighted by atomic mass is 9.72. The fraction of sp³-hybridized carbons (Fsp3) is 0.227. The quantitative estimate of drug-likeness (QED) is 0.883.